The predicted molar refractivity (Wildman–Crippen MR) is 119 cm³/mol. The molecule has 0 saturated heterocycles. The van der Waals surface area contributed by atoms with Gasteiger partial charge in [-0.15, -0.1) is 11.8 Å². The van der Waals surface area contributed by atoms with Gasteiger partial charge in [-0.1, -0.05) is 61.7 Å². The van der Waals surface area contributed by atoms with Gasteiger partial charge in [0, 0.05) is 24.5 Å². The fourth-order valence-electron chi connectivity index (χ4n) is 3.75. The Balaban J connectivity index is 1.52. The molecule has 0 atom stereocenters. The Labute approximate surface area is 178 Å². The Hall–Kier alpha value is -2.27. The molecular formula is C24H30N2O2S. The van der Waals surface area contributed by atoms with Crippen LogP contribution in [-0.4, -0.2) is 42.1 Å². The average molecular weight is 411 g/mol. The van der Waals surface area contributed by atoms with E-state index in [1.165, 1.54) is 36.6 Å². The maximum atomic E-state index is 12.7. The first-order valence-corrected chi connectivity index (χ1v) is 11.4. The topological polar surface area (TPSA) is 49.4 Å². The summed E-state index contributed by atoms with van der Waals surface area (Å²) in [5, 5.41) is 3.00. The summed E-state index contributed by atoms with van der Waals surface area (Å²) in [6.45, 7) is 0.588. The molecule has 2 aromatic rings. The number of nitrogens with one attached hydrogen (secondary N) is 1. The molecule has 2 amide bonds. The van der Waals surface area contributed by atoms with Crippen LogP contribution in [0.1, 0.15) is 48.0 Å². The van der Waals surface area contributed by atoms with Crippen molar-refractivity contribution in [1.29, 1.82) is 0 Å². The standard InChI is InChI=1S/C24H30N2O2S/c1-26(20-12-6-3-7-13-20)23(27)18-29-22-15-9-8-14-21(22)24(28)25-17-16-19-10-4-2-5-11-19/h2,4-5,8-11,14-15,20H,3,6-7,12-13,16-18H2,1H3,(H,25,28). The molecule has 5 heteroatoms. The Morgan fingerprint density at radius 2 is 1.69 bits per heavy atom. The molecule has 0 radical (unpaired) electrons. The van der Waals surface area contributed by atoms with Gasteiger partial charge >= 0.3 is 0 Å². The first kappa shape index (κ1) is 21.4. The number of thioether (sulfide) groups is 1. The smallest absolute Gasteiger partial charge is 0.252 e. The molecule has 0 spiro atoms. The lowest BCUT2D eigenvalue weighted by Crippen LogP contribution is -2.39. The fraction of sp³-hybridized carbons (Fsp3) is 0.417. The highest BCUT2D eigenvalue weighted by molar-refractivity contribution is 8.00. The Morgan fingerprint density at radius 1 is 1.00 bits per heavy atom. The van der Waals surface area contributed by atoms with E-state index in [1.54, 1.807) is 0 Å². The second kappa shape index (κ2) is 11.1. The highest BCUT2D eigenvalue weighted by Gasteiger charge is 2.22. The maximum Gasteiger partial charge on any atom is 0.252 e. The Bertz CT molecular complexity index is 804. The fourth-order valence-corrected chi connectivity index (χ4v) is 4.73. The predicted octanol–water partition coefficient (Wildman–Crippen LogP) is 4.54. The SMILES string of the molecule is CN(C(=O)CSc1ccccc1C(=O)NCCc1ccccc1)C1CCCCC1. The van der Waals surface area contributed by atoms with Gasteiger partial charge in [-0.3, -0.25) is 9.59 Å². The number of carbonyl (C=O) groups excluding carboxylic acids is 2. The van der Waals surface area contributed by atoms with Gasteiger partial charge in [0.05, 0.1) is 11.3 Å². The molecule has 1 aliphatic carbocycles. The molecule has 1 saturated carbocycles. The minimum Gasteiger partial charge on any atom is -0.352 e. The van der Waals surface area contributed by atoms with Crippen LogP contribution in [0.2, 0.25) is 0 Å². The van der Waals surface area contributed by atoms with E-state index in [0.717, 1.165) is 24.2 Å². The zero-order valence-electron chi connectivity index (χ0n) is 17.1. The normalized spacial score (nSPS) is 14.4. The van der Waals surface area contributed by atoms with Gasteiger partial charge < -0.3 is 10.2 Å². The van der Waals surface area contributed by atoms with E-state index in [9.17, 15) is 9.59 Å². The van der Waals surface area contributed by atoms with Crippen LogP contribution in [0.4, 0.5) is 0 Å². The number of hydrogen-bond acceptors (Lipinski definition) is 3. The molecule has 29 heavy (non-hydrogen) atoms. The molecule has 0 aromatic heterocycles. The number of carbonyl (C=O) groups is 2. The molecule has 0 heterocycles. The van der Waals surface area contributed by atoms with Crippen LogP contribution in [0.3, 0.4) is 0 Å². The van der Waals surface area contributed by atoms with Crippen molar-refractivity contribution in [3.05, 3.63) is 65.7 Å². The second-order valence-corrected chi connectivity index (χ2v) is 8.59. The van der Waals surface area contributed by atoms with E-state index in [2.05, 4.69) is 17.4 Å². The van der Waals surface area contributed by atoms with Gasteiger partial charge in [0.25, 0.3) is 5.91 Å². The van der Waals surface area contributed by atoms with E-state index < -0.39 is 0 Å². The van der Waals surface area contributed by atoms with Gasteiger partial charge in [0.2, 0.25) is 5.91 Å². The summed E-state index contributed by atoms with van der Waals surface area (Å²) in [5.74, 6) is 0.416. The van der Waals surface area contributed by atoms with E-state index in [4.69, 9.17) is 0 Å². The van der Waals surface area contributed by atoms with E-state index in [0.29, 0.717) is 23.9 Å². The highest BCUT2D eigenvalue weighted by Crippen LogP contribution is 2.25. The van der Waals surface area contributed by atoms with Gasteiger partial charge in [-0.2, -0.15) is 0 Å². The summed E-state index contributed by atoms with van der Waals surface area (Å²) < 4.78 is 0. The van der Waals surface area contributed by atoms with Crippen LogP contribution < -0.4 is 5.32 Å². The van der Waals surface area contributed by atoms with Crippen LogP contribution in [0, 0.1) is 0 Å². The first-order chi connectivity index (χ1) is 14.1. The summed E-state index contributed by atoms with van der Waals surface area (Å²) in [5.41, 5.74) is 1.84. The van der Waals surface area contributed by atoms with Crippen molar-refractivity contribution in [2.75, 3.05) is 19.3 Å². The lowest BCUT2D eigenvalue weighted by Gasteiger charge is -2.31. The monoisotopic (exact) mass is 410 g/mol. The third kappa shape index (κ3) is 6.36. The molecule has 2 aromatic carbocycles. The molecule has 1 fully saturated rings. The molecule has 154 valence electrons. The highest BCUT2D eigenvalue weighted by atomic mass is 32.2. The van der Waals surface area contributed by atoms with Crippen molar-refractivity contribution in [3.8, 4) is 0 Å². The number of hydrogen-bond donors (Lipinski definition) is 1. The quantitative estimate of drug-likeness (QED) is 0.650. The first-order valence-electron chi connectivity index (χ1n) is 10.4. The van der Waals surface area contributed by atoms with Gasteiger partial charge in [-0.05, 0) is 37.0 Å². The lowest BCUT2D eigenvalue weighted by atomic mass is 9.94. The minimum atomic E-state index is -0.0860. The van der Waals surface area contributed by atoms with Gasteiger partial charge in [-0.25, -0.2) is 0 Å². The van der Waals surface area contributed by atoms with Crippen LogP contribution in [0.15, 0.2) is 59.5 Å². The molecule has 1 aliphatic rings. The lowest BCUT2D eigenvalue weighted by molar-refractivity contribution is -0.129. The zero-order valence-corrected chi connectivity index (χ0v) is 17.9. The van der Waals surface area contributed by atoms with Crippen LogP contribution >= 0.6 is 11.8 Å². The van der Waals surface area contributed by atoms with Crippen LogP contribution in [-0.2, 0) is 11.2 Å². The molecule has 3 rings (SSSR count). The van der Waals surface area contributed by atoms with Crippen molar-refractivity contribution in [1.82, 2.24) is 10.2 Å². The van der Waals surface area contributed by atoms with E-state index >= 15 is 0 Å². The number of benzene rings is 2. The van der Waals surface area contributed by atoms with Gasteiger partial charge in [0.15, 0.2) is 0 Å². The van der Waals surface area contributed by atoms with E-state index in [1.807, 2.05) is 54.4 Å². The Kier molecular flexibility index (Phi) is 8.17. The number of amides is 2. The molecule has 1 N–H and O–H groups in total. The molecule has 0 unspecified atom stereocenters. The zero-order chi connectivity index (χ0) is 20.5. The third-order valence-corrected chi connectivity index (χ3v) is 6.60. The molecule has 0 bridgehead atoms. The summed E-state index contributed by atoms with van der Waals surface area (Å²) in [7, 11) is 1.92. The summed E-state index contributed by atoms with van der Waals surface area (Å²) in [4.78, 5) is 28.1. The largest absolute Gasteiger partial charge is 0.352 e. The van der Waals surface area contributed by atoms with Crippen molar-refractivity contribution >= 4 is 23.6 Å². The molecular weight excluding hydrogens is 380 g/mol. The van der Waals surface area contributed by atoms with Crippen molar-refractivity contribution in [3.63, 3.8) is 0 Å². The van der Waals surface area contributed by atoms with Crippen molar-refractivity contribution in [2.45, 2.75) is 49.5 Å². The average Bonchev–Trinajstić information content (AvgIpc) is 2.78. The number of rotatable bonds is 8. The minimum absolute atomic E-state index is 0.0860. The van der Waals surface area contributed by atoms with Crippen LogP contribution in [0.25, 0.3) is 0 Å². The number of nitrogens with zero attached hydrogens (tertiary/aromatic N) is 1. The van der Waals surface area contributed by atoms with Crippen molar-refractivity contribution < 1.29 is 9.59 Å². The summed E-state index contributed by atoms with van der Waals surface area (Å²) >= 11 is 1.45. The van der Waals surface area contributed by atoms with Crippen molar-refractivity contribution in [2.24, 2.45) is 0 Å². The summed E-state index contributed by atoms with van der Waals surface area (Å²) in [6.07, 6.45) is 6.70. The summed E-state index contributed by atoms with van der Waals surface area (Å²) in [6, 6.07) is 18.0. The van der Waals surface area contributed by atoms with Crippen LogP contribution in [0.5, 0.6) is 0 Å². The molecule has 4 nitrogen and oxygen atoms in total. The Morgan fingerprint density at radius 3 is 2.45 bits per heavy atom. The molecule has 0 aliphatic heterocycles. The van der Waals surface area contributed by atoms with Gasteiger partial charge in [0.1, 0.15) is 0 Å². The maximum absolute atomic E-state index is 12.7. The third-order valence-electron chi connectivity index (χ3n) is 5.54. The van der Waals surface area contributed by atoms with E-state index in [-0.39, 0.29) is 11.8 Å². The second-order valence-electron chi connectivity index (χ2n) is 7.57.